The summed E-state index contributed by atoms with van der Waals surface area (Å²) in [6.07, 6.45) is 1.60. The molecule has 0 bridgehead atoms. The highest BCUT2D eigenvalue weighted by atomic mass is 79.9. The van der Waals surface area contributed by atoms with Gasteiger partial charge < -0.3 is 14.8 Å². The predicted molar refractivity (Wildman–Crippen MR) is 103 cm³/mol. The Bertz CT molecular complexity index is 738. The van der Waals surface area contributed by atoms with Crippen molar-refractivity contribution in [3.05, 3.63) is 33.1 Å². The highest BCUT2D eigenvalue weighted by Gasteiger charge is 2.36. The Balaban J connectivity index is 2.14. The molecule has 1 N–H and O–H groups in total. The maximum Gasteiger partial charge on any atom is 0.294 e. The largest absolute Gasteiger partial charge is 0.493 e. The van der Waals surface area contributed by atoms with Crippen molar-refractivity contribution in [3.8, 4) is 5.75 Å². The summed E-state index contributed by atoms with van der Waals surface area (Å²) in [4.78, 5) is 37.6. The highest BCUT2D eigenvalue weighted by molar-refractivity contribution is 9.10. The number of hydrogen-bond acceptors (Lipinski definition) is 6. The van der Waals surface area contributed by atoms with Crippen molar-refractivity contribution >= 4 is 50.8 Å². The molecule has 26 heavy (non-hydrogen) atoms. The van der Waals surface area contributed by atoms with Gasteiger partial charge in [0.15, 0.2) is 0 Å². The summed E-state index contributed by atoms with van der Waals surface area (Å²) in [5.41, 5.74) is 0.677. The highest BCUT2D eigenvalue weighted by Crippen LogP contribution is 2.34. The van der Waals surface area contributed by atoms with Gasteiger partial charge in [-0.15, -0.1) is 0 Å². The third kappa shape index (κ3) is 5.33. The van der Waals surface area contributed by atoms with Gasteiger partial charge in [0.05, 0.1) is 18.1 Å². The molecule has 1 heterocycles. The molecule has 1 aliphatic rings. The SMILES string of the molecule is CCOc1ccc(Br)cc1/C=C1\SC(=O)N(CC(=O)NCCOC)C1=O. The Hall–Kier alpha value is -1.84. The Morgan fingerprint density at radius 2 is 2.15 bits per heavy atom. The number of thioether (sulfide) groups is 1. The van der Waals surface area contributed by atoms with E-state index in [9.17, 15) is 14.4 Å². The lowest BCUT2D eigenvalue weighted by atomic mass is 10.2. The van der Waals surface area contributed by atoms with Gasteiger partial charge in [-0.3, -0.25) is 19.3 Å². The first kappa shape index (κ1) is 20.5. The number of methoxy groups -OCH3 is 1. The maximum atomic E-state index is 12.5. The Kier molecular flexibility index (Phi) is 7.67. The Morgan fingerprint density at radius 1 is 1.38 bits per heavy atom. The van der Waals surface area contributed by atoms with Crippen LogP contribution in [0.2, 0.25) is 0 Å². The van der Waals surface area contributed by atoms with Gasteiger partial charge in [0.2, 0.25) is 5.91 Å². The van der Waals surface area contributed by atoms with Gasteiger partial charge in [-0.2, -0.15) is 0 Å². The first-order valence-electron chi connectivity index (χ1n) is 7.89. The molecular weight excluding hydrogens is 424 g/mol. The van der Waals surface area contributed by atoms with E-state index in [0.717, 1.165) is 21.1 Å². The van der Waals surface area contributed by atoms with E-state index in [2.05, 4.69) is 21.2 Å². The lowest BCUT2D eigenvalue weighted by Gasteiger charge is -2.12. The molecule has 1 fully saturated rings. The molecular formula is C17H19BrN2O5S. The fourth-order valence-corrected chi connectivity index (χ4v) is 3.40. The zero-order valence-electron chi connectivity index (χ0n) is 14.4. The van der Waals surface area contributed by atoms with Crippen molar-refractivity contribution in [3.63, 3.8) is 0 Å². The van der Waals surface area contributed by atoms with E-state index in [1.165, 1.54) is 7.11 Å². The molecule has 1 saturated heterocycles. The number of amides is 3. The van der Waals surface area contributed by atoms with Gasteiger partial charge in [0.1, 0.15) is 12.3 Å². The molecule has 0 aliphatic carbocycles. The van der Waals surface area contributed by atoms with Crippen molar-refractivity contribution in [1.29, 1.82) is 0 Å². The number of rotatable bonds is 8. The number of ether oxygens (including phenoxy) is 2. The number of halogens is 1. The van der Waals surface area contributed by atoms with Gasteiger partial charge >= 0.3 is 0 Å². The second kappa shape index (κ2) is 9.75. The second-order valence-electron chi connectivity index (χ2n) is 5.23. The van der Waals surface area contributed by atoms with Gasteiger partial charge in [0.25, 0.3) is 11.1 Å². The molecule has 0 spiro atoms. The third-order valence-electron chi connectivity index (χ3n) is 3.36. The van der Waals surface area contributed by atoms with Gasteiger partial charge in [-0.1, -0.05) is 15.9 Å². The summed E-state index contributed by atoms with van der Waals surface area (Å²) in [6, 6.07) is 5.42. The second-order valence-corrected chi connectivity index (χ2v) is 7.13. The molecule has 7 nitrogen and oxygen atoms in total. The number of hydrogen-bond donors (Lipinski definition) is 1. The van der Waals surface area contributed by atoms with Crippen LogP contribution in [0, 0.1) is 0 Å². The van der Waals surface area contributed by atoms with Crippen molar-refractivity contribution in [2.75, 3.05) is 33.4 Å². The van der Waals surface area contributed by atoms with E-state index >= 15 is 0 Å². The van der Waals surface area contributed by atoms with Crippen molar-refractivity contribution in [2.45, 2.75) is 6.92 Å². The van der Waals surface area contributed by atoms with E-state index in [0.29, 0.717) is 31.1 Å². The van der Waals surface area contributed by atoms with Crippen molar-refractivity contribution < 1.29 is 23.9 Å². The summed E-state index contributed by atoms with van der Waals surface area (Å²) in [6.45, 7) is 2.70. The molecule has 0 unspecified atom stereocenters. The topological polar surface area (TPSA) is 84.9 Å². The molecule has 9 heteroatoms. The van der Waals surface area contributed by atoms with Crippen LogP contribution in [0.1, 0.15) is 12.5 Å². The normalized spacial score (nSPS) is 15.7. The van der Waals surface area contributed by atoms with Gasteiger partial charge in [-0.25, -0.2) is 0 Å². The average Bonchev–Trinajstić information content (AvgIpc) is 2.85. The smallest absolute Gasteiger partial charge is 0.294 e. The van der Waals surface area contributed by atoms with Crippen molar-refractivity contribution in [2.24, 2.45) is 0 Å². The van der Waals surface area contributed by atoms with Crippen LogP contribution in [0.3, 0.4) is 0 Å². The minimum Gasteiger partial charge on any atom is -0.493 e. The summed E-state index contributed by atoms with van der Waals surface area (Å²) >= 11 is 4.18. The van der Waals surface area contributed by atoms with E-state index in [4.69, 9.17) is 9.47 Å². The number of nitrogens with zero attached hydrogens (tertiary/aromatic N) is 1. The molecule has 1 aliphatic heterocycles. The number of carbonyl (C=O) groups excluding carboxylic acids is 3. The molecule has 140 valence electrons. The number of nitrogens with one attached hydrogen (secondary N) is 1. The minimum absolute atomic E-state index is 0.249. The van der Waals surface area contributed by atoms with Crippen LogP contribution in [-0.2, 0) is 14.3 Å². The first-order chi connectivity index (χ1) is 12.5. The van der Waals surface area contributed by atoms with Crippen LogP contribution in [-0.4, -0.2) is 55.4 Å². The van der Waals surface area contributed by atoms with Crippen LogP contribution in [0.15, 0.2) is 27.6 Å². The summed E-state index contributed by atoms with van der Waals surface area (Å²) in [7, 11) is 1.52. The minimum atomic E-state index is -0.496. The zero-order chi connectivity index (χ0) is 19.1. The monoisotopic (exact) mass is 442 g/mol. The standard InChI is InChI=1S/C17H19BrN2O5S/c1-3-25-13-5-4-12(18)8-11(13)9-14-16(22)20(17(23)26-14)10-15(21)19-6-7-24-2/h4-5,8-9H,3,6-7,10H2,1-2H3,(H,19,21)/b14-9-. The molecule has 0 atom stereocenters. The van der Waals surface area contributed by atoms with Crippen LogP contribution >= 0.6 is 27.7 Å². The van der Waals surface area contributed by atoms with Crippen LogP contribution < -0.4 is 10.1 Å². The van der Waals surface area contributed by atoms with E-state index in [1.54, 1.807) is 18.2 Å². The average molecular weight is 443 g/mol. The van der Waals surface area contributed by atoms with E-state index in [-0.39, 0.29) is 11.4 Å². The fraction of sp³-hybridized carbons (Fsp3) is 0.353. The third-order valence-corrected chi connectivity index (χ3v) is 4.76. The van der Waals surface area contributed by atoms with Crippen LogP contribution in [0.5, 0.6) is 5.75 Å². The molecule has 2 rings (SSSR count). The fourth-order valence-electron chi connectivity index (χ4n) is 2.19. The maximum absolute atomic E-state index is 12.5. The number of imide groups is 1. The first-order valence-corrected chi connectivity index (χ1v) is 9.50. The Labute approximate surface area is 164 Å². The number of benzene rings is 1. The van der Waals surface area contributed by atoms with Gasteiger partial charge in [-0.05, 0) is 43.0 Å². The van der Waals surface area contributed by atoms with Gasteiger partial charge in [0, 0.05) is 23.7 Å². The molecule has 1 aromatic rings. The quantitative estimate of drug-likeness (QED) is 0.491. The van der Waals surface area contributed by atoms with E-state index in [1.807, 2.05) is 13.0 Å². The zero-order valence-corrected chi connectivity index (χ0v) is 16.8. The molecule has 1 aromatic carbocycles. The summed E-state index contributed by atoms with van der Waals surface area (Å²) in [5, 5.41) is 2.11. The number of carbonyl (C=O) groups is 3. The van der Waals surface area contributed by atoms with E-state index < -0.39 is 17.1 Å². The summed E-state index contributed by atoms with van der Waals surface area (Å²) < 4.78 is 11.2. The van der Waals surface area contributed by atoms with Crippen LogP contribution in [0.25, 0.3) is 6.08 Å². The van der Waals surface area contributed by atoms with Crippen LogP contribution in [0.4, 0.5) is 4.79 Å². The lowest BCUT2D eigenvalue weighted by Crippen LogP contribution is -2.40. The molecule has 0 radical (unpaired) electrons. The van der Waals surface area contributed by atoms with Crippen molar-refractivity contribution in [1.82, 2.24) is 10.2 Å². The lowest BCUT2D eigenvalue weighted by molar-refractivity contribution is -0.129. The summed E-state index contributed by atoms with van der Waals surface area (Å²) in [5.74, 6) is -0.299. The molecule has 0 aromatic heterocycles. The molecule has 0 saturated carbocycles. The Morgan fingerprint density at radius 3 is 2.85 bits per heavy atom. The predicted octanol–water partition coefficient (Wildman–Crippen LogP) is 2.65. The molecule has 3 amide bonds.